The van der Waals surface area contributed by atoms with Gasteiger partial charge in [-0.2, -0.15) is 0 Å². The Balaban J connectivity index is 2.55. The summed E-state index contributed by atoms with van der Waals surface area (Å²) in [6.45, 7) is 0. The van der Waals surface area contributed by atoms with Crippen molar-refractivity contribution < 1.29 is 17.7 Å². The Morgan fingerprint density at radius 2 is 1.67 bits per heavy atom. The number of hydrogen-bond donors (Lipinski definition) is 0. The van der Waals surface area contributed by atoms with Crippen LogP contribution in [0.4, 0.5) is 13.2 Å². The van der Waals surface area contributed by atoms with Crippen molar-refractivity contribution in [3.63, 3.8) is 0 Å². The lowest BCUT2D eigenvalue weighted by Crippen LogP contribution is -1.91. The summed E-state index contributed by atoms with van der Waals surface area (Å²) < 4.78 is 42.8. The molecule has 0 saturated heterocycles. The maximum absolute atomic E-state index is 12.8. The van der Waals surface area contributed by atoms with Gasteiger partial charge in [-0.3, -0.25) is 0 Å². The third-order valence-electron chi connectivity index (χ3n) is 1.76. The van der Waals surface area contributed by atoms with E-state index in [4.69, 9.17) is 11.6 Å². The summed E-state index contributed by atoms with van der Waals surface area (Å²) in [5.41, 5.74) is 0.194. The summed E-state index contributed by atoms with van der Waals surface area (Å²) in [5, 5.41) is 3.42. The Morgan fingerprint density at radius 1 is 1.07 bits per heavy atom. The SMILES string of the molecule is Fc1cc(-c2cc(Cl)on2)cc(F)c1F. The first-order valence-corrected chi connectivity index (χ1v) is 4.23. The van der Waals surface area contributed by atoms with E-state index in [0.29, 0.717) is 0 Å². The molecule has 15 heavy (non-hydrogen) atoms. The maximum Gasteiger partial charge on any atom is 0.226 e. The van der Waals surface area contributed by atoms with Crippen molar-refractivity contribution in [3.05, 3.63) is 40.9 Å². The van der Waals surface area contributed by atoms with Crippen LogP contribution < -0.4 is 0 Å². The molecule has 2 rings (SSSR count). The van der Waals surface area contributed by atoms with Gasteiger partial charge in [0.2, 0.25) is 5.22 Å². The minimum atomic E-state index is -1.52. The van der Waals surface area contributed by atoms with Gasteiger partial charge in [-0.15, -0.1) is 0 Å². The number of nitrogens with zero attached hydrogens (tertiary/aromatic N) is 1. The second kappa shape index (κ2) is 3.58. The fraction of sp³-hybridized carbons (Fsp3) is 0. The molecule has 0 unspecified atom stereocenters. The van der Waals surface area contributed by atoms with Gasteiger partial charge < -0.3 is 4.52 Å². The quantitative estimate of drug-likeness (QED) is 0.706. The van der Waals surface area contributed by atoms with E-state index in [2.05, 4.69) is 9.68 Å². The van der Waals surface area contributed by atoms with Gasteiger partial charge in [-0.05, 0) is 23.7 Å². The number of rotatable bonds is 1. The smallest absolute Gasteiger partial charge is 0.226 e. The highest BCUT2D eigenvalue weighted by molar-refractivity contribution is 6.29. The molecule has 0 radical (unpaired) electrons. The lowest BCUT2D eigenvalue weighted by atomic mass is 10.1. The van der Waals surface area contributed by atoms with E-state index in [9.17, 15) is 13.2 Å². The van der Waals surface area contributed by atoms with E-state index in [1.54, 1.807) is 0 Å². The lowest BCUT2D eigenvalue weighted by Gasteiger charge is -1.98. The van der Waals surface area contributed by atoms with Gasteiger partial charge >= 0.3 is 0 Å². The van der Waals surface area contributed by atoms with Gasteiger partial charge in [0.1, 0.15) is 5.69 Å². The van der Waals surface area contributed by atoms with Gasteiger partial charge in [0, 0.05) is 11.6 Å². The predicted molar refractivity (Wildman–Crippen MR) is 46.8 cm³/mol. The van der Waals surface area contributed by atoms with E-state index >= 15 is 0 Å². The molecule has 2 nitrogen and oxygen atoms in total. The highest BCUT2D eigenvalue weighted by Crippen LogP contribution is 2.24. The van der Waals surface area contributed by atoms with Crippen molar-refractivity contribution in [1.82, 2.24) is 5.16 Å². The first-order valence-electron chi connectivity index (χ1n) is 3.85. The van der Waals surface area contributed by atoms with Crippen LogP contribution in [0.5, 0.6) is 0 Å². The van der Waals surface area contributed by atoms with Crippen molar-refractivity contribution in [2.24, 2.45) is 0 Å². The second-order valence-electron chi connectivity index (χ2n) is 2.77. The second-order valence-corrected chi connectivity index (χ2v) is 3.14. The van der Waals surface area contributed by atoms with Crippen LogP contribution in [0.2, 0.25) is 5.22 Å². The molecule has 1 heterocycles. The first kappa shape index (κ1) is 10.0. The van der Waals surface area contributed by atoms with Crippen molar-refractivity contribution in [2.75, 3.05) is 0 Å². The summed E-state index contributed by atoms with van der Waals surface area (Å²) >= 11 is 5.43. The Labute approximate surface area is 87.3 Å². The molecule has 0 bridgehead atoms. The molecule has 0 amide bonds. The van der Waals surface area contributed by atoms with Crippen LogP contribution in [-0.4, -0.2) is 5.16 Å². The van der Waals surface area contributed by atoms with Crippen molar-refractivity contribution >= 4 is 11.6 Å². The molecule has 0 N–H and O–H groups in total. The molecule has 6 heteroatoms. The van der Waals surface area contributed by atoms with Gasteiger partial charge in [-0.1, -0.05) is 5.16 Å². The van der Waals surface area contributed by atoms with E-state index in [0.717, 1.165) is 12.1 Å². The Morgan fingerprint density at radius 3 is 2.13 bits per heavy atom. The lowest BCUT2D eigenvalue weighted by molar-refractivity contribution is 0.423. The minimum Gasteiger partial charge on any atom is -0.344 e. The van der Waals surface area contributed by atoms with Crippen LogP contribution in [0.15, 0.2) is 22.7 Å². The molecule has 0 aliphatic rings. The van der Waals surface area contributed by atoms with Crippen molar-refractivity contribution in [1.29, 1.82) is 0 Å². The summed E-state index contributed by atoms with van der Waals surface area (Å²) in [6, 6.07) is 2.90. The van der Waals surface area contributed by atoms with Crippen molar-refractivity contribution in [2.45, 2.75) is 0 Å². The van der Waals surface area contributed by atoms with Crippen LogP contribution in [0, 0.1) is 17.5 Å². The molecule has 0 fully saturated rings. The number of benzene rings is 1. The molecular formula is C9H3ClF3NO. The van der Waals surface area contributed by atoms with Gasteiger partial charge in [0.25, 0.3) is 0 Å². The average Bonchev–Trinajstić information content (AvgIpc) is 2.60. The zero-order valence-corrected chi connectivity index (χ0v) is 7.86. The first-order chi connectivity index (χ1) is 7.08. The monoisotopic (exact) mass is 233 g/mol. The molecule has 0 saturated carbocycles. The van der Waals surface area contributed by atoms with Crippen LogP contribution in [0.3, 0.4) is 0 Å². The molecule has 1 aromatic carbocycles. The fourth-order valence-corrected chi connectivity index (χ4v) is 1.23. The van der Waals surface area contributed by atoms with Gasteiger partial charge in [0.15, 0.2) is 17.5 Å². The largest absolute Gasteiger partial charge is 0.344 e. The van der Waals surface area contributed by atoms with Crippen LogP contribution >= 0.6 is 11.6 Å². The average molecular weight is 234 g/mol. The van der Waals surface area contributed by atoms with Crippen LogP contribution in [-0.2, 0) is 0 Å². The third-order valence-corrected chi connectivity index (χ3v) is 1.94. The summed E-state index contributed by atoms with van der Waals surface area (Å²) in [4.78, 5) is 0. The minimum absolute atomic E-state index is 0.0184. The highest BCUT2D eigenvalue weighted by Gasteiger charge is 2.13. The molecular weight excluding hydrogens is 231 g/mol. The zero-order valence-electron chi connectivity index (χ0n) is 7.10. The van der Waals surface area contributed by atoms with E-state index in [1.165, 1.54) is 6.07 Å². The van der Waals surface area contributed by atoms with Crippen LogP contribution in [0.25, 0.3) is 11.3 Å². The van der Waals surface area contributed by atoms with Crippen LogP contribution in [0.1, 0.15) is 0 Å². The Kier molecular flexibility index (Phi) is 2.40. The molecule has 0 aliphatic carbocycles. The summed E-state index contributed by atoms with van der Waals surface area (Å²) in [6.07, 6.45) is 0. The number of aromatic nitrogens is 1. The van der Waals surface area contributed by atoms with E-state index in [1.807, 2.05) is 0 Å². The summed E-state index contributed by atoms with van der Waals surface area (Å²) in [7, 11) is 0. The maximum atomic E-state index is 12.8. The highest BCUT2D eigenvalue weighted by atomic mass is 35.5. The molecule has 0 aliphatic heterocycles. The normalized spacial score (nSPS) is 10.7. The summed E-state index contributed by atoms with van der Waals surface area (Å²) in [5.74, 6) is -4.10. The van der Waals surface area contributed by atoms with E-state index < -0.39 is 17.5 Å². The fourth-order valence-electron chi connectivity index (χ4n) is 1.09. The van der Waals surface area contributed by atoms with Gasteiger partial charge in [0.05, 0.1) is 0 Å². The van der Waals surface area contributed by atoms with Gasteiger partial charge in [-0.25, -0.2) is 13.2 Å². The van der Waals surface area contributed by atoms with E-state index in [-0.39, 0.29) is 16.5 Å². The topological polar surface area (TPSA) is 26.0 Å². The molecule has 1 aromatic heterocycles. The molecule has 78 valence electrons. The zero-order chi connectivity index (χ0) is 11.0. The molecule has 0 spiro atoms. The Hall–Kier alpha value is -1.49. The standard InChI is InChI=1S/C9H3ClF3NO/c10-8-3-7(14-15-8)4-1-5(11)9(13)6(12)2-4/h1-3H. The Bertz CT molecular complexity index is 489. The predicted octanol–water partition coefficient (Wildman–Crippen LogP) is 3.41. The third kappa shape index (κ3) is 1.83. The molecule has 0 atom stereocenters. The van der Waals surface area contributed by atoms with Crippen molar-refractivity contribution in [3.8, 4) is 11.3 Å². The number of hydrogen-bond acceptors (Lipinski definition) is 2. The molecule has 2 aromatic rings. The number of halogens is 4.